The summed E-state index contributed by atoms with van der Waals surface area (Å²) < 4.78 is 30.6. The average Bonchev–Trinajstić information content (AvgIpc) is 3.14. The summed E-state index contributed by atoms with van der Waals surface area (Å²) in [5, 5.41) is 10.0. The first-order chi connectivity index (χ1) is 14.4. The largest absolute Gasteiger partial charge is 0.507 e. The van der Waals surface area contributed by atoms with Crippen molar-refractivity contribution in [1.29, 1.82) is 0 Å². The van der Waals surface area contributed by atoms with Crippen LogP contribution in [0.3, 0.4) is 0 Å². The number of fused-ring (bicyclic) bond motifs is 1. The van der Waals surface area contributed by atoms with E-state index in [2.05, 4.69) is 15.0 Å². The van der Waals surface area contributed by atoms with Gasteiger partial charge in [0.15, 0.2) is 5.52 Å². The molecule has 2 aromatic carbocycles. The fourth-order valence-electron chi connectivity index (χ4n) is 2.96. The highest BCUT2D eigenvalue weighted by Gasteiger charge is 2.19. The van der Waals surface area contributed by atoms with Gasteiger partial charge in [-0.25, -0.2) is 9.37 Å². The van der Waals surface area contributed by atoms with Gasteiger partial charge in [0.2, 0.25) is 5.89 Å². The van der Waals surface area contributed by atoms with Crippen molar-refractivity contribution in [3.8, 4) is 34.8 Å². The average molecular weight is 409 g/mol. The predicted molar refractivity (Wildman–Crippen MR) is 108 cm³/mol. The molecule has 0 aliphatic carbocycles. The lowest BCUT2D eigenvalue weighted by Crippen LogP contribution is -2.01. The van der Waals surface area contributed by atoms with Crippen molar-refractivity contribution in [2.75, 3.05) is 6.61 Å². The molecule has 154 valence electrons. The van der Waals surface area contributed by atoms with Crippen molar-refractivity contribution >= 4 is 11.2 Å². The highest BCUT2D eigenvalue weighted by molar-refractivity contribution is 5.78. The van der Waals surface area contributed by atoms with Crippen LogP contribution >= 0.6 is 0 Å². The molecule has 0 spiro atoms. The maximum absolute atomic E-state index is 13.5. The molecule has 0 unspecified atom stereocenters. The zero-order chi connectivity index (χ0) is 21.3. The molecule has 8 heteroatoms. The van der Waals surface area contributed by atoms with Crippen LogP contribution in [0.2, 0.25) is 0 Å². The summed E-state index contributed by atoms with van der Waals surface area (Å²) in [7, 11) is 0. The molecule has 2 heterocycles. The molecule has 0 bridgehead atoms. The standard InChI is InChI=1S/C22H20FN3O4/c1-4-8-28-20-17-21(26-22(25-20)29-16-7-5-6-15(23)11-16)30-19(24-17)14-9-12(2)18(27)13(3)10-14/h5-7,9-11,27H,4,8H2,1-3H3. The van der Waals surface area contributed by atoms with E-state index in [0.29, 0.717) is 34.7 Å². The maximum Gasteiger partial charge on any atom is 0.328 e. The topological polar surface area (TPSA) is 90.5 Å². The fourth-order valence-corrected chi connectivity index (χ4v) is 2.96. The van der Waals surface area contributed by atoms with Crippen LogP contribution in [0.5, 0.6) is 23.4 Å². The summed E-state index contributed by atoms with van der Waals surface area (Å²) >= 11 is 0. The second kappa shape index (κ2) is 7.98. The summed E-state index contributed by atoms with van der Waals surface area (Å²) in [4.78, 5) is 13.0. The van der Waals surface area contributed by atoms with E-state index in [1.807, 2.05) is 6.92 Å². The lowest BCUT2D eigenvalue weighted by atomic mass is 10.1. The number of hydrogen-bond acceptors (Lipinski definition) is 7. The van der Waals surface area contributed by atoms with E-state index in [0.717, 1.165) is 6.42 Å². The number of aromatic nitrogens is 3. The SMILES string of the molecule is CCCOc1nc(Oc2cccc(F)c2)nc2oc(-c3cc(C)c(O)c(C)c3)nc12. The molecule has 2 aromatic heterocycles. The van der Waals surface area contributed by atoms with Gasteiger partial charge < -0.3 is 19.0 Å². The second-order valence-corrected chi connectivity index (χ2v) is 6.85. The molecule has 4 aromatic rings. The number of nitrogens with zero attached hydrogens (tertiary/aromatic N) is 3. The first-order valence-electron chi connectivity index (χ1n) is 9.50. The van der Waals surface area contributed by atoms with Gasteiger partial charge in [-0.3, -0.25) is 0 Å². The Bertz CT molecular complexity index is 1200. The molecule has 0 saturated heterocycles. The molecule has 4 rings (SSSR count). The van der Waals surface area contributed by atoms with Crippen LogP contribution in [0.25, 0.3) is 22.7 Å². The third-order valence-electron chi connectivity index (χ3n) is 4.39. The highest BCUT2D eigenvalue weighted by Crippen LogP contribution is 2.33. The van der Waals surface area contributed by atoms with E-state index >= 15 is 0 Å². The summed E-state index contributed by atoms with van der Waals surface area (Å²) in [6.45, 7) is 5.99. The number of aromatic hydroxyl groups is 1. The van der Waals surface area contributed by atoms with Crippen LogP contribution in [-0.4, -0.2) is 26.7 Å². The minimum Gasteiger partial charge on any atom is -0.507 e. The molecule has 1 N–H and O–H groups in total. The third-order valence-corrected chi connectivity index (χ3v) is 4.39. The molecule has 0 atom stereocenters. The first-order valence-corrected chi connectivity index (χ1v) is 9.50. The Balaban J connectivity index is 1.79. The Hall–Kier alpha value is -3.68. The van der Waals surface area contributed by atoms with Crippen molar-refractivity contribution in [3.63, 3.8) is 0 Å². The minimum atomic E-state index is -0.434. The number of hydrogen-bond donors (Lipinski definition) is 1. The number of rotatable bonds is 6. The van der Waals surface area contributed by atoms with E-state index in [-0.39, 0.29) is 29.1 Å². The van der Waals surface area contributed by atoms with Crippen LogP contribution in [0.15, 0.2) is 40.8 Å². The normalized spacial score (nSPS) is 11.1. The minimum absolute atomic E-state index is 0.0417. The van der Waals surface area contributed by atoms with E-state index in [1.54, 1.807) is 32.0 Å². The quantitative estimate of drug-likeness (QED) is 0.460. The van der Waals surface area contributed by atoms with Crippen LogP contribution in [-0.2, 0) is 0 Å². The molecule has 0 aliphatic rings. The molecule has 0 amide bonds. The number of benzene rings is 2. The molecular weight excluding hydrogens is 389 g/mol. The Kier molecular flexibility index (Phi) is 5.22. The van der Waals surface area contributed by atoms with Gasteiger partial charge in [-0.2, -0.15) is 9.97 Å². The maximum atomic E-state index is 13.5. The van der Waals surface area contributed by atoms with Crippen LogP contribution in [0.4, 0.5) is 4.39 Å². The summed E-state index contributed by atoms with van der Waals surface area (Å²) in [6, 6.07) is 9.18. The third kappa shape index (κ3) is 3.89. The van der Waals surface area contributed by atoms with Crippen molar-refractivity contribution in [1.82, 2.24) is 15.0 Å². The van der Waals surface area contributed by atoms with E-state index in [1.165, 1.54) is 18.2 Å². The lowest BCUT2D eigenvalue weighted by molar-refractivity contribution is 0.302. The molecule has 0 radical (unpaired) electrons. The summed E-state index contributed by atoms with van der Waals surface area (Å²) in [6.07, 6.45) is 0.770. The monoisotopic (exact) mass is 409 g/mol. The van der Waals surface area contributed by atoms with Crippen molar-refractivity contribution < 1.29 is 23.4 Å². The summed E-state index contributed by atoms with van der Waals surface area (Å²) in [5.74, 6) is 0.578. The van der Waals surface area contributed by atoms with Crippen molar-refractivity contribution in [2.24, 2.45) is 0 Å². The molecule has 30 heavy (non-hydrogen) atoms. The van der Waals surface area contributed by atoms with Crippen LogP contribution in [0.1, 0.15) is 24.5 Å². The lowest BCUT2D eigenvalue weighted by Gasteiger charge is -2.07. The fraction of sp³-hybridized carbons (Fsp3) is 0.227. The highest BCUT2D eigenvalue weighted by atomic mass is 19.1. The molecular formula is C22H20FN3O4. The van der Waals surface area contributed by atoms with Crippen molar-refractivity contribution in [3.05, 3.63) is 53.3 Å². The Morgan fingerprint density at radius 2 is 1.83 bits per heavy atom. The van der Waals surface area contributed by atoms with Crippen LogP contribution < -0.4 is 9.47 Å². The number of oxazole rings is 1. The first kappa shape index (κ1) is 19.6. The molecule has 0 fully saturated rings. The molecule has 7 nitrogen and oxygen atoms in total. The van der Waals surface area contributed by atoms with Gasteiger partial charge in [-0.15, -0.1) is 0 Å². The zero-order valence-corrected chi connectivity index (χ0v) is 16.8. The molecule has 0 aliphatic heterocycles. The number of halogens is 1. The number of aryl methyl sites for hydroxylation is 2. The van der Waals surface area contributed by atoms with E-state index < -0.39 is 5.82 Å². The zero-order valence-electron chi connectivity index (χ0n) is 16.8. The van der Waals surface area contributed by atoms with Crippen LogP contribution in [0, 0.1) is 19.7 Å². The Morgan fingerprint density at radius 1 is 1.07 bits per heavy atom. The van der Waals surface area contributed by atoms with Gasteiger partial charge in [0, 0.05) is 11.6 Å². The van der Waals surface area contributed by atoms with Gasteiger partial charge in [-0.1, -0.05) is 13.0 Å². The van der Waals surface area contributed by atoms with Gasteiger partial charge in [0.1, 0.15) is 17.3 Å². The van der Waals surface area contributed by atoms with E-state index in [4.69, 9.17) is 13.9 Å². The van der Waals surface area contributed by atoms with Gasteiger partial charge in [-0.05, 0) is 55.7 Å². The molecule has 0 saturated carbocycles. The van der Waals surface area contributed by atoms with E-state index in [9.17, 15) is 9.50 Å². The van der Waals surface area contributed by atoms with Gasteiger partial charge >= 0.3 is 6.01 Å². The summed E-state index contributed by atoms with van der Waals surface area (Å²) in [5.41, 5.74) is 2.64. The van der Waals surface area contributed by atoms with Gasteiger partial charge in [0.05, 0.1) is 6.61 Å². The Labute approximate surface area is 172 Å². The van der Waals surface area contributed by atoms with Gasteiger partial charge in [0.25, 0.3) is 11.6 Å². The predicted octanol–water partition coefficient (Wildman–Crippen LogP) is 5.33. The van der Waals surface area contributed by atoms with Crippen molar-refractivity contribution in [2.45, 2.75) is 27.2 Å². The Morgan fingerprint density at radius 3 is 2.53 bits per heavy atom. The number of phenolic OH excluding ortho intramolecular Hbond substituents is 1. The smallest absolute Gasteiger partial charge is 0.328 e. The second-order valence-electron chi connectivity index (χ2n) is 6.85. The number of phenols is 1. The number of ether oxygens (including phenoxy) is 2.